The third-order valence-electron chi connectivity index (χ3n) is 3.67. The van der Waals surface area contributed by atoms with E-state index in [9.17, 15) is 8.42 Å². The summed E-state index contributed by atoms with van der Waals surface area (Å²) in [5, 5.41) is 5.26. The first kappa shape index (κ1) is 16.1. The fraction of sp³-hybridized carbons (Fsp3) is 0.333. The molecule has 2 aromatic heterocycles. The Morgan fingerprint density at radius 3 is 2.57 bits per heavy atom. The Kier molecular flexibility index (Phi) is 4.22. The first-order valence-corrected chi connectivity index (χ1v) is 9.61. The number of rotatable bonds is 5. The van der Waals surface area contributed by atoms with Crippen molar-refractivity contribution >= 4 is 26.3 Å². The van der Waals surface area contributed by atoms with E-state index in [0.717, 1.165) is 33.3 Å². The zero-order chi connectivity index (χ0) is 16.6. The van der Waals surface area contributed by atoms with E-state index >= 15 is 0 Å². The second kappa shape index (κ2) is 6.03. The molecule has 0 bridgehead atoms. The van der Waals surface area contributed by atoms with Gasteiger partial charge in [-0.25, -0.2) is 22.6 Å². The van der Waals surface area contributed by atoms with Gasteiger partial charge in [-0.3, -0.25) is 0 Å². The van der Waals surface area contributed by atoms with Crippen LogP contribution in [0, 0.1) is 13.8 Å². The molecule has 0 unspecified atom stereocenters. The predicted octanol–water partition coefficient (Wildman–Crippen LogP) is 2.45. The minimum absolute atomic E-state index is 0.161. The van der Waals surface area contributed by atoms with Gasteiger partial charge >= 0.3 is 0 Å². The summed E-state index contributed by atoms with van der Waals surface area (Å²) in [4.78, 5) is 5.46. The van der Waals surface area contributed by atoms with Gasteiger partial charge in [-0.05, 0) is 38.0 Å². The molecule has 8 heteroatoms. The molecular weight excluding hydrogens is 332 g/mol. The Labute approximate surface area is 139 Å². The van der Waals surface area contributed by atoms with E-state index in [1.807, 2.05) is 32.9 Å². The van der Waals surface area contributed by atoms with E-state index < -0.39 is 10.0 Å². The fourth-order valence-electron chi connectivity index (χ4n) is 2.34. The van der Waals surface area contributed by atoms with Crippen molar-refractivity contribution < 1.29 is 8.42 Å². The maximum absolute atomic E-state index is 12.4. The minimum Gasteiger partial charge on any atom is -0.223 e. The standard InChI is InChI=1S/C15H18N4O2S2/c1-4-12-5-7-13(8-6-12)23(20,21)16-9-14-10(2)17-15-19(14)18-11(3)22-15/h5-8,16H,4,9H2,1-3H3. The zero-order valence-corrected chi connectivity index (χ0v) is 14.8. The van der Waals surface area contributed by atoms with E-state index in [0.29, 0.717) is 0 Å². The highest BCUT2D eigenvalue weighted by Gasteiger charge is 2.17. The smallest absolute Gasteiger partial charge is 0.223 e. The molecule has 23 heavy (non-hydrogen) atoms. The summed E-state index contributed by atoms with van der Waals surface area (Å²) < 4.78 is 29.2. The van der Waals surface area contributed by atoms with Crippen LogP contribution in [0.15, 0.2) is 29.2 Å². The van der Waals surface area contributed by atoms with Gasteiger partial charge in [0.15, 0.2) is 0 Å². The molecule has 0 aliphatic rings. The van der Waals surface area contributed by atoms with Crippen LogP contribution in [-0.2, 0) is 23.0 Å². The van der Waals surface area contributed by atoms with Crippen molar-refractivity contribution in [3.63, 3.8) is 0 Å². The van der Waals surface area contributed by atoms with Crippen LogP contribution in [0.1, 0.15) is 28.9 Å². The summed E-state index contributed by atoms with van der Waals surface area (Å²) in [5.74, 6) is 0. The molecule has 3 aromatic rings. The number of nitrogens with zero attached hydrogens (tertiary/aromatic N) is 3. The molecule has 0 fully saturated rings. The fourth-order valence-corrected chi connectivity index (χ4v) is 4.13. The van der Waals surface area contributed by atoms with Gasteiger partial charge in [0.25, 0.3) is 0 Å². The maximum Gasteiger partial charge on any atom is 0.240 e. The Hall–Kier alpha value is -1.77. The third-order valence-corrected chi connectivity index (χ3v) is 5.91. The van der Waals surface area contributed by atoms with Gasteiger partial charge in [0, 0.05) is 0 Å². The van der Waals surface area contributed by atoms with E-state index in [1.165, 1.54) is 11.3 Å². The molecule has 0 atom stereocenters. The first-order valence-electron chi connectivity index (χ1n) is 7.31. The van der Waals surface area contributed by atoms with Crippen LogP contribution in [-0.4, -0.2) is 23.0 Å². The average Bonchev–Trinajstić information content (AvgIpc) is 3.00. The zero-order valence-electron chi connectivity index (χ0n) is 13.2. The molecule has 0 amide bonds. The van der Waals surface area contributed by atoms with Crippen LogP contribution in [0.4, 0.5) is 0 Å². The van der Waals surface area contributed by atoms with Crippen molar-refractivity contribution in [1.29, 1.82) is 0 Å². The lowest BCUT2D eigenvalue weighted by molar-refractivity contribution is 0.579. The molecule has 122 valence electrons. The molecule has 0 spiro atoms. The quantitative estimate of drug-likeness (QED) is 0.767. The molecule has 3 rings (SSSR count). The number of imidazole rings is 1. The van der Waals surface area contributed by atoms with Crippen LogP contribution in [0.25, 0.3) is 4.96 Å². The minimum atomic E-state index is -3.56. The molecular formula is C15H18N4O2S2. The second-order valence-electron chi connectivity index (χ2n) is 5.28. The summed E-state index contributed by atoms with van der Waals surface area (Å²) >= 11 is 1.48. The van der Waals surface area contributed by atoms with Gasteiger partial charge in [-0.15, -0.1) is 0 Å². The number of hydrogen-bond acceptors (Lipinski definition) is 5. The molecule has 1 N–H and O–H groups in total. The highest BCUT2D eigenvalue weighted by Crippen LogP contribution is 2.18. The number of benzene rings is 1. The summed E-state index contributed by atoms with van der Waals surface area (Å²) in [5.41, 5.74) is 2.65. The average molecular weight is 350 g/mol. The molecule has 0 saturated carbocycles. The summed E-state index contributed by atoms with van der Waals surface area (Å²) in [6.45, 7) is 5.95. The first-order chi connectivity index (χ1) is 10.9. The van der Waals surface area contributed by atoms with Gasteiger partial charge < -0.3 is 0 Å². The van der Waals surface area contributed by atoms with Crippen molar-refractivity contribution in [2.45, 2.75) is 38.6 Å². The normalized spacial score (nSPS) is 12.1. The van der Waals surface area contributed by atoms with Crippen molar-refractivity contribution in [2.75, 3.05) is 0 Å². The van der Waals surface area contributed by atoms with Crippen LogP contribution in [0.3, 0.4) is 0 Å². The van der Waals surface area contributed by atoms with Crippen molar-refractivity contribution in [1.82, 2.24) is 19.3 Å². The topological polar surface area (TPSA) is 76.4 Å². The largest absolute Gasteiger partial charge is 0.240 e. The van der Waals surface area contributed by atoms with Crippen molar-refractivity contribution in [2.24, 2.45) is 0 Å². The molecule has 0 radical (unpaired) electrons. The molecule has 6 nitrogen and oxygen atoms in total. The van der Waals surface area contributed by atoms with Crippen LogP contribution in [0.5, 0.6) is 0 Å². The number of hydrogen-bond donors (Lipinski definition) is 1. The number of sulfonamides is 1. The van der Waals surface area contributed by atoms with E-state index in [4.69, 9.17) is 0 Å². The van der Waals surface area contributed by atoms with Crippen LogP contribution >= 0.6 is 11.3 Å². The third kappa shape index (κ3) is 3.15. The van der Waals surface area contributed by atoms with Crippen molar-refractivity contribution in [3.8, 4) is 0 Å². The van der Waals surface area contributed by atoms with Crippen LogP contribution in [0.2, 0.25) is 0 Å². The molecule has 0 aliphatic carbocycles. The van der Waals surface area contributed by atoms with Crippen molar-refractivity contribution in [3.05, 3.63) is 46.2 Å². The number of aromatic nitrogens is 3. The highest BCUT2D eigenvalue weighted by molar-refractivity contribution is 7.89. The Morgan fingerprint density at radius 2 is 1.91 bits per heavy atom. The lowest BCUT2D eigenvalue weighted by Crippen LogP contribution is -2.24. The van der Waals surface area contributed by atoms with E-state index in [2.05, 4.69) is 14.8 Å². The maximum atomic E-state index is 12.4. The van der Waals surface area contributed by atoms with Gasteiger partial charge in [0.05, 0.1) is 22.8 Å². The van der Waals surface area contributed by atoms with E-state index in [-0.39, 0.29) is 11.4 Å². The van der Waals surface area contributed by atoms with Gasteiger partial charge in [-0.1, -0.05) is 30.4 Å². The van der Waals surface area contributed by atoms with Crippen LogP contribution < -0.4 is 4.72 Å². The molecule has 0 aliphatic heterocycles. The Morgan fingerprint density at radius 1 is 1.22 bits per heavy atom. The summed E-state index contributed by atoms with van der Waals surface area (Å²) in [7, 11) is -3.56. The second-order valence-corrected chi connectivity index (χ2v) is 8.21. The highest BCUT2D eigenvalue weighted by atomic mass is 32.2. The lowest BCUT2D eigenvalue weighted by Gasteiger charge is -2.07. The van der Waals surface area contributed by atoms with Gasteiger partial charge in [-0.2, -0.15) is 5.10 Å². The lowest BCUT2D eigenvalue weighted by atomic mass is 10.2. The molecule has 2 heterocycles. The monoisotopic (exact) mass is 350 g/mol. The molecule has 0 saturated heterocycles. The Balaban J connectivity index is 1.84. The summed E-state index contributed by atoms with van der Waals surface area (Å²) in [6, 6.07) is 6.93. The Bertz CT molecular complexity index is 940. The van der Waals surface area contributed by atoms with Gasteiger partial charge in [0.2, 0.25) is 15.0 Å². The number of fused-ring (bicyclic) bond motifs is 1. The SMILES string of the molecule is CCc1ccc(S(=O)(=O)NCc2c(C)nc3sc(C)nn23)cc1. The number of aryl methyl sites for hydroxylation is 3. The van der Waals surface area contributed by atoms with Gasteiger partial charge in [0.1, 0.15) is 5.01 Å². The summed E-state index contributed by atoms with van der Waals surface area (Å²) in [6.07, 6.45) is 0.879. The molecule has 1 aromatic carbocycles. The number of nitrogens with one attached hydrogen (secondary N) is 1. The predicted molar refractivity (Wildman–Crippen MR) is 90.2 cm³/mol. The van der Waals surface area contributed by atoms with E-state index in [1.54, 1.807) is 16.6 Å².